The fourth-order valence-corrected chi connectivity index (χ4v) is 2.23. The Labute approximate surface area is 131 Å². The molecule has 0 bridgehead atoms. The third kappa shape index (κ3) is 4.57. The maximum Gasteiger partial charge on any atom is 0.312 e. The molecule has 2 aromatic rings. The van der Waals surface area contributed by atoms with E-state index in [0.717, 1.165) is 11.3 Å². The number of pyridine rings is 1. The van der Waals surface area contributed by atoms with Gasteiger partial charge in [0, 0.05) is 5.56 Å². The highest BCUT2D eigenvalue weighted by Crippen LogP contribution is 2.25. The second-order valence-corrected chi connectivity index (χ2v) is 5.33. The van der Waals surface area contributed by atoms with Gasteiger partial charge in [-0.3, -0.25) is 9.78 Å². The van der Waals surface area contributed by atoms with Crippen LogP contribution >= 0.6 is 12.4 Å². The van der Waals surface area contributed by atoms with E-state index in [1.165, 1.54) is 0 Å². The van der Waals surface area contributed by atoms with Crippen molar-refractivity contribution >= 4 is 18.4 Å². The number of carboxylic acids is 1. The summed E-state index contributed by atoms with van der Waals surface area (Å²) in [5.41, 5.74) is 2.45. The van der Waals surface area contributed by atoms with Crippen LogP contribution in [0, 0.1) is 5.92 Å². The molecule has 3 nitrogen and oxygen atoms in total. The number of rotatable bonds is 5. The molecule has 2 rings (SSSR count). The summed E-state index contributed by atoms with van der Waals surface area (Å²) in [5, 5.41) is 9.40. The maximum absolute atomic E-state index is 11.4. The van der Waals surface area contributed by atoms with E-state index < -0.39 is 11.9 Å². The van der Waals surface area contributed by atoms with E-state index in [9.17, 15) is 9.90 Å². The van der Waals surface area contributed by atoms with E-state index in [4.69, 9.17) is 0 Å². The number of hydrogen-bond donors (Lipinski definition) is 1. The molecular weight excluding hydrogens is 286 g/mol. The van der Waals surface area contributed by atoms with Gasteiger partial charge in [-0.15, -0.1) is 12.4 Å². The molecule has 1 N–H and O–H groups in total. The molecule has 0 radical (unpaired) electrons. The molecule has 1 aromatic carbocycles. The number of benzene rings is 1. The van der Waals surface area contributed by atoms with E-state index >= 15 is 0 Å². The van der Waals surface area contributed by atoms with Crippen molar-refractivity contribution in [3.8, 4) is 11.3 Å². The Morgan fingerprint density at radius 1 is 1.10 bits per heavy atom. The third-order valence-corrected chi connectivity index (χ3v) is 3.20. The highest BCUT2D eigenvalue weighted by atomic mass is 35.5. The topological polar surface area (TPSA) is 50.2 Å². The number of hydrogen-bond acceptors (Lipinski definition) is 2. The summed E-state index contributed by atoms with van der Waals surface area (Å²) in [6, 6.07) is 15.4. The van der Waals surface area contributed by atoms with Gasteiger partial charge in [0.25, 0.3) is 0 Å². The van der Waals surface area contributed by atoms with Crippen LogP contribution in [0.4, 0.5) is 0 Å². The van der Waals surface area contributed by atoms with Crippen molar-refractivity contribution in [2.45, 2.75) is 26.2 Å². The zero-order chi connectivity index (χ0) is 14.5. The molecule has 1 unspecified atom stereocenters. The zero-order valence-corrected chi connectivity index (χ0v) is 13.0. The number of aliphatic carboxylic acids is 1. The SMILES string of the molecule is CC(C)CC(C(=O)O)c1cccc(-c2ccccc2)n1.Cl. The predicted octanol–water partition coefficient (Wildman–Crippen LogP) is 4.38. The van der Waals surface area contributed by atoms with Crippen LogP contribution in [0.5, 0.6) is 0 Å². The first-order chi connectivity index (χ1) is 9.58. The van der Waals surface area contributed by atoms with Crippen molar-refractivity contribution in [3.05, 3.63) is 54.2 Å². The fourth-order valence-electron chi connectivity index (χ4n) is 2.23. The summed E-state index contributed by atoms with van der Waals surface area (Å²) < 4.78 is 0. The van der Waals surface area contributed by atoms with Crippen LogP contribution in [0.15, 0.2) is 48.5 Å². The van der Waals surface area contributed by atoms with Crippen LogP contribution in [0.1, 0.15) is 31.9 Å². The molecule has 21 heavy (non-hydrogen) atoms. The minimum Gasteiger partial charge on any atom is -0.481 e. The molecule has 0 saturated heterocycles. The highest BCUT2D eigenvalue weighted by molar-refractivity contribution is 5.85. The Balaban J connectivity index is 0.00000220. The first-order valence-corrected chi connectivity index (χ1v) is 6.83. The van der Waals surface area contributed by atoms with Gasteiger partial charge in [0.2, 0.25) is 0 Å². The molecule has 1 heterocycles. The standard InChI is InChI=1S/C17H19NO2.ClH/c1-12(2)11-14(17(19)20)16-10-6-9-15(18-16)13-7-4-3-5-8-13;/h3-10,12,14H,11H2,1-2H3,(H,19,20);1H. The Morgan fingerprint density at radius 2 is 1.76 bits per heavy atom. The van der Waals surface area contributed by atoms with Gasteiger partial charge in [0.05, 0.1) is 17.3 Å². The van der Waals surface area contributed by atoms with Crippen LogP contribution in [0.25, 0.3) is 11.3 Å². The molecule has 4 heteroatoms. The van der Waals surface area contributed by atoms with Gasteiger partial charge in [-0.25, -0.2) is 0 Å². The lowest BCUT2D eigenvalue weighted by Crippen LogP contribution is -2.15. The minimum absolute atomic E-state index is 0. The Morgan fingerprint density at radius 3 is 2.33 bits per heavy atom. The number of halogens is 1. The van der Waals surface area contributed by atoms with E-state index in [1.54, 1.807) is 6.07 Å². The summed E-state index contributed by atoms with van der Waals surface area (Å²) >= 11 is 0. The van der Waals surface area contributed by atoms with Crippen LogP contribution in [-0.4, -0.2) is 16.1 Å². The van der Waals surface area contributed by atoms with Gasteiger partial charge in [-0.1, -0.05) is 50.2 Å². The second kappa shape index (κ2) is 7.79. The van der Waals surface area contributed by atoms with E-state index in [2.05, 4.69) is 4.98 Å². The Bertz CT molecular complexity index is 584. The van der Waals surface area contributed by atoms with Gasteiger partial charge in [0.1, 0.15) is 0 Å². The van der Waals surface area contributed by atoms with E-state index in [-0.39, 0.29) is 12.4 Å². The van der Waals surface area contributed by atoms with E-state index in [1.807, 2.05) is 56.3 Å². The van der Waals surface area contributed by atoms with Gasteiger partial charge < -0.3 is 5.11 Å². The summed E-state index contributed by atoms with van der Waals surface area (Å²) in [7, 11) is 0. The number of aromatic nitrogens is 1. The van der Waals surface area contributed by atoms with Gasteiger partial charge >= 0.3 is 5.97 Å². The largest absolute Gasteiger partial charge is 0.481 e. The first-order valence-electron chi connectivity index (χ1n) is 6.83. The molecule has 0 saturated carbocycles. The second-order valence-electron chi connectivity index (χ2n) is 5.33. The summed E-state index contributed by atoms with van der Waals surface area (Å²) in [4.78, 5) is 16.0. The normalized spacial score (nSPS) is 11.8. The lowest BCUT2D eigenvalue weighted by atomic mass is 9.93. The lowest BCUT2D eigenvalue weighted by molar-refractivity contribution is -0.139. The molecule has 0 aliphatic carbocycles. The quantitative estimate of drug-likeness (QED) is 0.891. The molecule has 0 fully saturated rings. The molecule has 1 aromatic heterocycles. The minimum atomic E-state index is -0.809. The molecule has 1 atom stereocenters. The molecular formula is C17H20ClNO2. The monoisotopic (exact) mass is 305 g/mol. The smallest absolute Gasteiger partial charge is 0.312 e. The summed E-state index contributed by atoms with van der Waals surface area (Å²) in [5.74, 6) is -1.03. The van der Waals surface area contributed by atoms with E-state index in [0.29, 0.717) is 18.0 Å². The van der Waals surface area contributed by atoms with Crippen LogP contribution < -0.4 is 0 Å². The number of carboxylic acid groups (broad SMARTS) is 1. The average molecular weight is 306 g/mol. The highest BCUT2D eigenvalue weighted by Gasteiger charge is 2.22. The van der Waals surface area contributed by atoms with Crippen molar-refractivity contribution in [2.24, 2.45) is 5.92 Å². The van der Waals surface area contributed by atoms with Crippen LogP contribution in [-0.2, 0) is 4.79 Å². The number of carbonyl (C=O) groups is 1. The zero-order valence-electron chi connectivity index (χ0n) is 12.2. The summed E-state index contributed by atoms with van der Waals surface area (Å²) in [6.45, 7) is 4.05. The molecule has 0 aliphatic rings. The average Bonchev–Trinajstić information content (AvgIpc) is 2.45. The first kappa shape index (κ1) is 17.2. The van der Waals surface area contributed by atoms with Crippen molar-refractivity contribution < 1.29 is 9.90 Å². The van der Waals surface area contributed by atoms with Gasteiger partial charge in [-0.05, 0) is 24.5 Å². The van der Waals surface area contributed by atoms with Gasteiger partial charge in [-0.2, -0.15) is 0 Å². The molecule has 0 aliphatic heterocycles. The lowest BCUT2D eigenvalue weighted by Gasteiger charge is -2.15. The van der Waals surface area contributed by atoms with Crippen molar-refractivity contribution in [1.29, 1.82) is 0 Å². The number of nitrogens with zero attached hydrogens (tertiary/aromatic N) is 1. The van der Waals surface area contributed by atoms with Crippen molar-refractivity contribution in [2.75, 3.05) is 0 Å². The Kier molecular flexibility index (Phi) is 6.38. The van der Waals surface area contributed by atoms with Crippen LogP contribution in [0.2, 0.25) is 0 Å². The van der Waals surface area contributed by atoms with Crippen LogP contribution in [0.3, 0.4) is 0 Å². The molecule has 0 amide bonds. The third-order valence-electron chi connectivity index (χ3n) is 3.20. The summed E-state index contributed by atoms with van der Waals surface area (Å²) in [6.07, 6.45) is 0.598. The maximum atomic E-state index is 11.4. The van der Waals surface area contributed by atoms with Crippen molar-refractivity contribution in [1.82, 2.24) is 4.98 Å². The fraction of sp³-hybridized carbons (Fsp3) is 0.294. The molecule has 112 valence electrons. The van der Waals surface area contributed by atoms with Crippen molar-refractivity contribution in [3.63, 3.8) is 0 Å². The molecule has 0 spiro atoms. The predicted molar refractivity (Wildman–Crippen MR) is 86.8 cm³/mol. The Hall–Kier alpha value is -1.87. The van der Waals surface area contributed by atoms with Gasteiger partial charge in [0.15, 0.2) is 0 Å².